The Hall–Kier alpha value is -0.823. The summed E-state index contributed by atoms with van der Waals surface area (Å²) in [4.78, 5) is 0. The van der Waals surface area contributed by atoms with Gasteiger partial charge in [-0.1, -0.05) is 6.07 Å². The van der Waals surface area contributed by atoms with Crippen LogP contribution in [0.5, 0.6) is 0 Å². The predicted octanol–water partition coefficient (Wildman–Crippen LogP) is 1.92. The fraction of sp³-hybridized carbons (Fsp3) is 0.500. The van der Waals surface area contributed by atoms with Crippen LogP contribution in [0.3, 0.4) is 0 Å². The summed E-state index contributed by atoms with van der Waals surface area (Å²) in [5.41, 5.74) is 0.467. The second-order valence-corrected chi connectivity index (χ2v) is 4.80. The lowest BCUT2D eigenvalue weighted by atomic mass is 10.2. The van der Waals surface area contributed by atoms with Crippen molar-refractivity contribution in [1.82, 2.24) is 0 Å². The first-order chi connectivity index (χ1) is 8.67. The average molecular weight is 276 g/mol. The Morgan fingerprint density at radius 2 is 1.83 bits per heavy atom. The lowest BCUT2D eigenvalue weighted by Crippen LogP contribution is -2.24. The summed E-state index contributed by atoms with van der Waals surface area (Å²) in [7, 11) is -1.02. The van der Waals surface area contributed by atoms with E-state index in [9.17, 15) is 8.78 Å². The number of hydrogen-bond acceptors (Lipinski definition) is 3. The highest BCUT2D eigenvalue weighted by atomic mass is 28.2. The third-order valence-corrected chi connectivity index (χ3v) is 3.50. The van der Waals surface area contributed by atoms with Gasteiger partial charge in [-0.05, 0) is 31.5 Å². The summed E-state index contributed by atoms with van der Waals surface area (Å²) in [5, 5.41) is 0. The molecule has 0 saturated carbocycles. The van der Waals surface area contributed by atoms with E-state index in [1.54, 1.807) is 0 Å². The highest BCUT2D eigenvalue weighted by Gasteiger charge is 2.09. The Morgan fingerprint density at radius 3 is 2.39 bits per heavy atom. The van der Waals surface area contributed by atoms with E-state index in [0.29, 0.717) is 24.8 Å². The van der Waals surface area contributed by atoms with Gasteiger partial charge < -0.3 is 13.9 Å². The summed E-state index contributed by atoms with van der Waals surface area (Å²) in [6, 6.07) is 4.04. The standard InChI is InChI=1S/C12H18F2O3Si/c1-3-15-12(16-4-2)17-18-8-9-5-6-10(13)7-11(9)14/h5-7,12H,3-4,8,18H2,1-2H3. The molecule has 0 aromatic heterocycles. The van der Waals surface area contributed by atoms with Crippen LogP contribution in [0.1, 0.15) is 19.4 Å². The third kappa shape index (κ3) is 5.22. The van der Waals surface area contributed by atoms with E-state index in [0.717, 1.165) is 6.07 Å². The van der Waals surface area contributed by atoms with Crippen molar-refractivity contribution in [3.63, 3.8) is 0 Å². The van der Waals surface area contributed by atoms with E-state index in [4.69, 9.17) is 13.9 Å². The fourth-order valence-corrected chi connectivity index (χ4v) is 2.53. The lowest BCUT2D eigenvalue weighted by Gasteiger charge is -2.17. The molecule has 1 rings (SSSR count). The van der Waals surface area contributed by atoms with Gasteiger partial charge in [-0.3, -0.25) is 0 Å². The molecule has 0 aliphatic rings. The molecule has 0 atom stereocenters. The van der Waals surface area contributed by atoms with Crippen LogP contribution < -0.4 is 0 Å². The quantitative estimate of drug-likeness (QED) is 0.536. The Balaban J connectivity index is 2.39. The fourth-order valence-electron chi connectivity index (χ4n) is 1.41. The molecule has 0 unspecified atom stereocenters. The molecule has 0 spiro atoms. The molecule has 1 aromatic rings. The third-order valence-electron chi connectivity index (χ3n) is 2.25. The minimum atomic E-state index is -1.02. The maximum atomic E-state index is 13.3. The number of rotatable bonds is 8. The zero-order valence-corrected chi connectivity index (χ0v) is 12.0. The second-order valence-electron chi connectivity index (χ2n) is 3.56. The Labute approximate surface area is 108 Å². The average Bonchev–Trinajstić information content (AvgIpc) is 2.32. The largest absolute Gasteiger partial charge is 0.378 e. The molecular weight excluding hydrogens is 258 g/mol. The molecule has 0 bridgehead atoms. The summed E-state index contributed by atoms with van der Waals surface area (Å²) < 4.78 is 41.9. The number of benzene rings is 1. The van der Waals surface area contributed by atoms with Crippen molar-refractivity contribution >= 4 is 9.76 Å². The van der Waals surface area contributed by atoms with Gasteiger partial charge in [0.2, 0.25) is 0 Å². The number of hydrogen-bond donors (Lipinski definition) is 0. The van der Waals surface area contributed by atoms with Crippen molar-refractivity contribution in [3.8, 4) is 0 Å². The van der Waals surface area contributed by atoms with Crippen LogP contribution in [0.4, 0.5) is 8.78 Å². The number of halogens is 2. The van der Waals surface area contributed by atoms with Crippen LogP contribution in [0.25, 0.3) is 0 Å². The van der Waals surface area contributed by atoms with Gasteiger partial charge in [0.25, 0.3) is 6.48 Å². The van der Waals surface area contributed by atoms with E-state index < -0.39 is 27.9 Å². The highest BCUT2D eigenvalue weighted by molar-refractivity contribution is 6.26. The first kappa shape index (κ1) is 15.2. The van der Waals surface area contributed by atoms with E-state index in [-0.39, 0.29) is 0 Å². The lowest BCUT2D eigenvalue weighted by molar-refractivity contribution is -0.243. The second kappa shape index (κ2) is 8.31. The van der Waals surface area contributed by atoms with E-state index in [1.165, 1.54) is 12.1 Å². The van der Waals surface area contributed by atoms with Crippen LogP contribution in [0, 0.1) is 11.6 Å². The minimum absolute atomic E-state index is 0.467. The molecule has 18 heavy (non-hydrogen) atoms. The van der Waals surface area contributed by atoms with Gasteiger partial charge in [-0.15, -0.1) is 0 Å². The molecule has 0 aliphatic carbocycles. The predicted molar refractivity (Wildman–Crippen MR) is 66.7 cm³/mol. The Morgan fingerprint density at radius 1 is 1.17 bits per heavy atom. The van der Waals surface area contributed by atoms with E-state index >= 15 is 0 Å². The molecule has 0 aliphatic heterocycles. The van der Waals surface area contributed by atoms with Gasteiger partial charge >= 0.3 is 0 Å². The molecule has 1 aromatic carbocycles. The van der Waals surface area contributed by atoms with Crippen LogP contribution in [-0.2, 0) is 19.9 Å². The molecule has 0 N–H and O–H groups in total. The number of ether oxygens (including phenoxy) is 2. The van der Waals surface area contributed by atoms with Crippen molar-refractivity contribution in [3.05, 3.63) is 35.4 Å². The summed E-state index contributed by atoms with van der Waals surface area (Å²) in [6.45, 7) is 4.00. The topological polar surface area (TPSA) is 27.7 Å². The molecular formula is C12H18F2O3Si. The van der Waals surface area contributed by atoms with Crippen LogP contribution >= 0.6 is 0 Å². The van der Waals surface area contributed by atoms with Crippen LogP contribution in [0.2, 0.25) is 0 Å². The molecule has 3 nitrogen and oxygen atoms in total. The molecule has 0 amide bonds. The first-order valence-electron chi connectivity index (χ1n) is 5.96. The van der Waals surface area contributed by atoms with E-state index in [2.05, 4.69) is 0 Å². The van der Waals surface area contributed by atoms with Crippen molar-refractivity contribution in [1.29, 1.82) is 0 Å². The molecule has 102 valence electrons. The monoisotopic (exact) mass is 276 g/mol. The van der Waals surface area contributed by atoms with Crippen molar-refractivity contribution in [2.45, 2.75) is 26.4 Å². The van der Waals surface area contributed by atoms with Gasteiger partial charge in [0.05, 0.1) is 0 Å². The van der Waals surface area contributed by atoms with Gasteiger partial charge in [0.1, 0.15) is 11.6 Å². The molecule has 6 heteroatoms. The maximum absolute atomic E-state index is 13.3. The molecule has 0 saturated heterocycles. The van der Waals surface area contributed by atoms with Gasteiger partial charge in [0, 0.05) is 19.3 Å². The normalized spacial score (nSPS) is 11.8. The molecule has 0 heterocycles. The van der Waals surface area contributed by atoms with Gasteiger partial charge in [0.15, 0.2) is 9.76 Å². The maximum Gasteiger partial charge on any atom is 0.261 e. The van der Waals surface area contributed by atoms with Crippen molar-refractivity contribution < 1.29 is 22.7 Å². The van der Waals surface area contributed by atoms with Gasteiger partial charge in [-0.25, -0.2) is 8.78 Å². The smallest absolute Gasteiger partial charge is 0.261 e. The summed E-state index contributed by atoms with van der Waals surface area (Å²) in [5.74, 6) is -1.10. The molecule has 0 radical (unpaired) electrons. The summed E-state index contributed by atoms with van der Waals surface area (Å²) >= 11 is 0. The van der Waals surface area contributed by atoms with E-state index in [1.807, 2.05) is 13.8 Å². The zero-order valence-electron chi connectivity index (χ0n) is 10.6. The van der Waals surface area contributed by atoms with Gasteiger partial charge in [-0.2, -0.15) is 0 Å². The molecule has 0 fully saturated rings. The Kier molecular flexibility index (Phi) is 7.03. The Bertz CT molecular complexity index is 357. The van der Waals surface area contributed by atoms with Crippen LogP contribution in [0.15, 0.2) is 18.2 Å². The first-order valence-corrected chi connectivity index (χ1v) is 7.53. The SMILES string of the molecule is CCOC(OCC)O[SiH2]Cc1ccc(F)cc1F. The van der Waals surface area contributed by atoms with Crippen LogP contribution in [-0.4, -0.2) is 29.5 Å². The van der Waals surface area contributed by atoms with Crippen molar-refractivity contribution in [2.24, 2.45) is 0 Å². The zero-order chi connectivity index (χ0) is 13.4. The van der Waals surface area contributed by atoms with Crippen molar-refractivity contribution in [2.75, 3.05) is 13.2 Å². The minimum Gasteiger partial charge on any atom is -0.378 e. The summed E-state index contributed by atoms with van der Waals surface area (Å²) in [6.07, 6.45) is 0. The highest BCUT2D eigenvalue weighted by Crippen LogP contribution is 2.10.